The van der Waals surface area contributed by atoms with Crippen molar-refractivity contribution >= 4 is 29.2 Å². The molecule has 0 bridgehead atoms. The van der Waals surface area contributed by atoms with E-state index in [9.17, 15) is 14.7 Å². The maximum Gasteiger partial charge on any atom is 0.303 e. The Morgan fingerprint density at radius 3 is 2.50 bits per heavy atom. The molecule has 0 atom stereocenters. The quantitative estimate of drug-likeness (QED) is 0.719. The predicted molar refractivity (Wildman–Crippen MR) is 84.1 cm³/mol. The number of aliphatic carboxylic acids is 1. The van der Waals surface area contributed by atoms with Gasteiger partial charge in [-0.25, -0.2) is 0 Å². The van der Waals surface area contributed by atoms with Gasteiger partial charge < -0.3 is 15.5 Å². The van der Waals surface area contributed by atoms with Gasteiger partial charge >= 0.3 is 5.97 Å². The van der Waals surface area contributed by atoms with Gasteiger partial charge in [0.2, 0.25) is 5.91 Å². The maximum absolute atomic E-state index is 12.3. The molecule has 1 amide bonds. The lowest BCUT2D eigenvalue weighted by atomic mass is 9.69. The van der Waals surface area contributed by atoms with Gasteiger partial charge in [-0.05, 0) is 36.5 Å². The lowest BCUT2D eigenvalue weighted by Crippen LogP contribution is -2.32. The average molecular weight is 326 g/mol. The number of nitrogens with one attached hydrogen (secondary N) is 1. The van der Waals surface area contributed by atoms with E-state index in [0.717, 1.165) is 32.1 Å². The Morgan fingerprint density at radius 2 is 1.86 bits per heavy atom. The molecule has 120 valence electrons. The molecule has 1 saturated carbocycles. The molecule has 0 spiro atoms. The van der Waals surface area contributed by atoms with E-state index < -0.39 is 11.4 Å². The summed E-state index contributed by atoms with van der Waals surface area (Å²) in [5.74, 6) is -1.23. The molecular weight excluding hydrogens is 306 g/mol. The summed E-state index contributed by atoms with van der Waals surface area (Å²) < 4.78 is 0. The Bertz CT molecular complexity index is 567. The first-order chi connectivity index (χ1) is 10.4. The second kappa shape index (κ2) is 7.01. The topological polar surface area (TPSA) is 86.6 Å². The van der Waals surface area contributed by atoms with Crippen LogP contribution in [0.3, 0.4) is 0 Å². The zero-order valence-corrected chi connectivity index (χ0v) is 13.0. The minimum absolute atomic E-state index is 0.00193. The monoisotopic (exact) mass is 325 g/mol. The summed E-state index contributed by atoms with van der Waals surface area (Å²) in [5, 5.41) is 21.9. The Labute approximate surface area is 134 Å². The standard InChI is InChI=1S/C16H20ClNO4/c17-11-4-5-13(19)12(8-11)18-14(20)9-16(10-15(21)22)6-2-1-3-7-16/h4-5,8,19H,1-3,6-7,9-10H2,(H,18,20)(H,21,22). The number of amides is 1. The van der Waals surface area contributed by atoms with Gasteiger partial charge in [-0.1, -0.05) is 30.9 Å². The molecule has 2 rings (SSSR count). The summed E-state index contributed by atoms with van der Waals surface area (Å²) in [7, 11) is 0. The minimum Gasteiger partial charge on any atom is -0.506 e. The van der Waals surface area contributed by atoms with Crippen molar-refractivity contribution in [2.24, 2.45) is 5.41 Å². The summed E-state index contributed by atoms with van der Waals surface area (Å²) >= 11 is 5.85. The van der Waals surface area contributed by atoms with Crippen LogP contribution in [0.25, 0.3) is 0 Å². The number of rotatable bonds is 5. The Morgan fingerprint density at radius 1 is 1.18 bits per heavy atom. The minimum atomic E-state index is -0.875. The molecule has 0 unspecified atom stereocenters. The molecule has 1 aromatic carbocycles. The number of phenols is 1. The summed E-state index contributed by atoms with van der Waals surface area (Å²) in [6, 6.07) is 4.41. The third-order valence-corrected chi connectivity index (χ3v) is 4.44. The van der Waals surface area contributed by atoms with Gasteiger partial charge in [0.1, 0.15) is 5.75 Å². The number of benzene rings is 1. The number of aromatic hydroxyl groups is 1. The molecule has 1 fully saturated rings. The van der Waals surface area contributed by atoms with Crippen molar-refractivity contribution in [1.29, 1.82) is 0 Å². The largest absolute Gasteiger partial charge is 0.506 e. The van der Waals surface area contributed by atoms with Gasteiger partial charge in [0.05, 0.1) is 12.1 Å². The Hall–Kier alpha value is -1.75. The van der Waals surface area contributed by atoms with Crippen molar-refractivity contribution in [1.82, 2.24) is 0 Å². The second-order valence-electron chi connectivity index (χ2n) is 6.02. The van der Waals surface area contributed by atoms with E-state index in [1.807, 2.05) is 0 Å². The zero-order valence-electron chi connectivity index (χ0n) is 12.3. The number of carbonyl (C=O) groups is 2. The number of anilines is 1. The van der Waals surface area contributed by atoms with E-state index in [1.165, 1.54) is 18.2 Å². The number of hydrogen-bond acceptors (Lipinski definition) is 3. The van der Waals surface area contributed by atoms with Crippen molar-refractivity contribution in [2.45, 2.75) is 44.9 Å². The Kier molecular flexibility index (Phi) is 5.29. The van der Waals surface area contributed by atoms with Gasteiger partial charge in [-0.15, -0.1) is 0 Å². The number of carbonyl (C=O) groups excluding carboxylic acids is 1. The molecular formula is C16H20ClNO4. The van der Waals surface area contributed by atoms with Crippen LogP contribution < -0.4 is 5.32 Å². The van der Waals surface area contributed by atoms with Crippen LogP contribution in [-0.4, -0.2) is 22.1 Å². The number of carboxylic acids is 1. The normalized spacial score (nSPS) is 17.0. The molecule has 1 aliphatic rings. The molecule has 0 saturated heterocycles. The van der Waals surface area contributed by atoms with Crippen molar-refractivity contribution in [3.05, 3.63) is 23.2 Å². The SMILES string of the molecule is O=C(O)CC1(CC(=O)Nc2cc(Cl)ccc2O)CCCCC1. The fraction of sp³-hybridized carbons (Fsp3) is 0.500. The molecule has 0 radical (unpaired) electrons. The first kappa shape index (κ1) is 16.6. The highest BCUT2D eigenvalue weighted by Gasteiger charge is 2.36. The zero-order chi connectivity index (χ0) is 16.2. The van der Waals surface area contributed by atoms with E-state index in [-0.39, 0.29) is 30.2 Å². The van der Waals surface area contributed by atoms with Crippen LogP contribution in [-0.2, 0) is 9.59 Å². The number of carboxylic acid groups (broad SMARTS) is 1. The number of hydrogen-bond donors (Lipinski definition) is 3. The van der Waals surface area contributed by atoms with E-state index in [2.05, 4.69) is 5.32 Å². The predicted octanol–water partition coefficient (Wildman–Crippen LogP) is 3.80. The molecule has 6 heteroatoms. The molecule has 0 aromatic heterocycles. The van der Waals surface area contributed by atoms with Gasteiger partial charge in [-0.3, -0.25) is 9.59 Å². The molecule has 22 heavy (non-hydrogen) atoms. The fourth-order valence-corrected chi connectivity index (χ4v) is 3.35. The lowest BCUT2D eigenvalue weighted by Gasteiger charge is -2.35. The molecule has 5 nitrogen and oxygen atoms in total. The van der Waals surface area contributed by atoms with Crippen LogP contribution >= 0.6 is 11.6 Å². The first-order valence-electron chi connectivity index (χ1n) is 7.40. The molecule has 3 N–H and O–H groups in total. The highest BCUT2D eigenvalue weighted by molar-refractivity contribution is 6.31. The van der Waals surface area contributed by atoms with E-state index >= 15 is 0 Å². The highest BCUT2D eigenvalue weighted by atomic mass is 35.5. The van der Waals surface area contributed by atoms with Gasteiger partial charge in [0.25, 0.3) is 0 Å². The molecule has 1 aliphatic carbocycles. The van der Waals surface area contributed by atoms with Crippen molar-refractivity contribution in [2.75, 3.05) is 5.32 Å². The first-order valence-corrected chi connectivity index (χ1v) is 7.78. The second-order valence-corrected chi connectivity index (χ2v) is 6.45. The van der Waals surface area contributed by atoms with Crippen LogP contribution in [0.4, 0.5) is 5.69 Å². The van der Waals surface area contributed by atoms with E-state index in [0.29, 0.717) is 5.02 Å². The third-order valence-electron chi connectivity index (χ3n) is 4.21. The van der Waals surface area contributed by atoms with Crippen LogP contribution in [0.15, 0.2) is 18.2 Å². The molecule has 0 heterocycles. The Balaban J connectivity index is 2.07. The van der Waals surface area contributed by atoms with Crippen LogP contribution in [0, 0.1) is 5.41 Å². The summed E-state index contributed by atoms with van der Waals surface area (Å²) in [4.78, 5) is 23.4. The van der Waals surface area contributed by atoms with Crippen LogP contribution in [0.5, 0.6) is 5.75 Å². The van der Waals surface area contributed by atoms with Crippen molar-refractivity contribution < 1.29 is 19.8 Å². The molecule has 0 aliphatic heterocycles. The van der Waals surface area contributed by atoms with Gasteiger partial charge in [0.15, 0.2) is 0 Å². The van der Waals surface area contributed by atoms with Gasteiger partial charge in [-0.2, -0.15) is 0 Å². The summed E-state index contributed by atoms with van der Waals surface area (Å²) in [6.45, 7) is 0. The third kappa shape index (κ3) is 4.37. The fourth-order valence-electron chi connectivity index (χ4n) is 3.18. The number of phenolic OH excluding ortho intramolecular Hbond substituents is 1. The number of halogens is 1. The average Bonchev–Trinajstić information content (AvgIpc) is 2.42. The summed E-state index contributed by atoms with van der Waals surface area (Å²) in [6.07, 6.45) is 4.61. The van der Waals surface area contributed by atoms with Crippen molar-refractivity contribution in [3.63, 3.8) is 0 Å². The van der Waals surface area contributed by atoms with Gasteiger partial charge in [0, 0.05) is 11.4 Å². The van der Waals surface area contributed by atoms with Crippen LogP contribution in [0.1, 0.15) is 44.9 Å². The van der Waals surface area contributed by atoms with Crippen LogP contribution in [0.2, 0.25) is 5.02 Å². The smallest absolute Gasteiger partial charge is 0.303 e. The maximum atomic E-state index is 12.3. The molecule has 1 aromatic rings. The summed E-state index contributed by atoms with van der Waals surface area (Å²) in [5.41, 5.74) is -0.235. The van der Waals surface area contributed by atoms with E-state index in [4.69, 9.17) is 16.7 Å². The van der Waals surface area contributed by atoms with E-state index in [1.54, 1.807) is 0 Å². The lowest BCUT2D eigenvalue weighted by molar-refractivity contribution is -0.140. The van der Waals surface area contributed by atoms with Crippen molar-refractivity contribution in [3.8, 4) is 5.75 Å². The highest BCUT2D eigenvalue weighted by Crippen LogP contribution is 2.42.